The number of aliphatic hydroxyl groups is 1. The van der Waals surface area contributed by atoms with Crippen molar-refractivity contribution in [2.45, 2.75) is 64.1 Å². The van der Waals surface area contributed by atoms with Crippen LogP contribution >= 0.6 is 0 Å². The number of hydrogen-bond acceptors (Lipinski definition) is 5. The number of rotatable bonds is 11. The molecule has 0 saturated carbocycles. The Morgan fingerprint density at radius 1 is 1.05 bits per heavy atom. The summed E-state index contributed by atoms with van der Waals surface area (Å²) in [5, 5.41) is 12.7. The van der Waals surface area contributed by atoms with Crippen molar-refractivity contribution in [2.24, 2.45) is 5.92 Å². The smallest absolute Gasteiger partial charge is 0.394 e. The van der Waals surface area contributed by atoms with Crippen molar-refractivity contribution in [3.8, 4) is 0 Å². The number of imidazole rings is 1. The normalized spacial score (nSPS) is 13.0. The van der Waals surface area contributed by atoms with Gasteiger partial charge in [-0.2, -0.15) is 13.2 Å². The fourth-order valence-corrected chi connectivity index (χ4v) is 6.06. The Bertz CT molecular complexity index is 1710. The van der Waals surface area contributed by atoms with Gasteiger partial charge in [0.25, 0.3) is 5.91 Å². The minimum Gasteiger partial charge on any atom is -0.394 e. The number of fused-ring (bicyclic) bond motifs is 1. The number of hydrogen-bond donors (Lipinski definition) is 2. The lowest BCUT2D eigenvalue weighted by molar-refractivity contribution is -0.138. The summed E-state index contributed by atoms with van der Waals surface area (Å²) in [5.41, 5.74) is 2.55. The maximum Gasteiger partial charge on any atom is 0.416 e. The molecule has 4 rings (SSSR count). The number of aliphatic hydroxyl groups excluding tert-OH is 1. The van der Waals surface area contributed by atoms with Crippen molar-refractivity contribution >= 4 is 21.4 Å². The summed E-state index contributed by atoms with van der Waals surface area (Å²) in [6, 6.07) is 12.8. The molecule has 2 aromatic carbocycles. The van der Waals surface area contributed by atoms with Crippen LogP contribution in [-0.2, 0) is 35.3 Å². The number of nitrogens with one attached hydrogen (secondary N) is 1. The van der Waals surface area contributed by atoms with Gasteiger partial charge in [-0.3, -0.25) is 4.79 Å². The molecule has 0 fully saturated rings. The molecule has 0 spiro atoms. The van der Waals surface area contributed by atoms with E-state index in [2.05, 4.69) is 10.3 Å². The molecule has 7 nitrogen and oxygen atoms in total. The molecule has 0 saturated heterocycles. The second-order valence-corrected chi connectivity index (χ2v) is 13.2. The minimum absolute atomic E-state index is 0.0144. The zero-order valence-corrected chi connectivity index (χ0v) is 25.4. The standard InChI is InChI=1S/C32H36F3N3O4S/c1-5-29-27(17-23-8-7-21(15-20(3)4)16-26(23)32(33,34)35)36-30-18-24(13-14-38(29)30)31(40)37-28(19-39)22-9-11-25(12-10-22)43(41,42)6-2/h7-14,16,18,20,28,39H,5-6,15,17,19H2,1-4H3,(H,37,40)/t28-/m0/s1. The van der Waals surface area contributed by atoms with E-state index in [9.17, 15) is 31.5 Å². The lowest BCUT2D eigenvalue weighted by Crippen LogP contribution is -2.30. The van der Waals surface area contributed by atoms with E-state index in [4.69, 9.17) is 0 Å². The van der Waals surface area contributed by atoms with Crippen molar-refractivity contribution in [2.75, 3.05) is 12.4 Å². The highest BCUT2D eigenvalue weighted by Gasteiger charge is 2.34. The molecule has 2 N–H and O–H groups in total. The van der Waals surface area contributed by atoms with Gasteiger partial charge in [0.1, 0.15) is 5.65 Å². The summed E-state index contributed by atoms with van der Waals surface area (Å²) in [7, 11) is -3.39. The van der Waals surface area contributed by atoms with Gasteiger partial charge in [0.2, 0.25) is 0 Å². The molecule has 2 aromatic heterocycles. The van der Waals surface area contributed by atoms with Gasteiger partial charge in [0.05, 0.1) is 34.6 Å². The molecular formula is C32H36F3N3O4S. The third-order valence-electron chi connectivity index (χ3n) is 7.40. The van der Waals surface area contributed by atoms with E-state index in [1.165, 1.54) is 24.3 Å². The van der Waals surface area contributed by atoms with Crippen LogP contribution in [0.5, 0.6) is 0 Å². The highest BCUT2D eigenvalue weighted by atomic mass is 32.2. The van der Waals surface area contributed by atoms with Crippen LogP contribution < -0.4 is 5.32 Å². The van der Waals surface area contributed by atoms with Crippen molar-refractivity contribution in [1.29, 1.82) is 0 Å². The lowest BCUT2D eigenvalue weighted by atomic mass is 9.95. The number of amides is 1. The molecule has 43 heavy (non-hydrogen) atoms. The van der Waals surface area contributed by atoms with E-state index in [0.29, 0.717) is 35.3 Å². The number of aryl methyl sites for hydroxylation is 1. The number of alkyl halides is 3. The molecule has 1 atom stereocenters. The molecule has 0 bridgehead atoms. The zero-order valence-electron chi connectivity index (χ0n) is 24.6. The van der Waals surface area contributed by atoms with Crippen LogP contribution in [0.2, 0.25) is 0 Å². The SMILES string of the molecule is CCc1c(Cc2ccc(CC(C)C)cc2C(F)(F)F)nc2cc(C(=O)N[C@@H](CO)c3ccc(S(=O)(=O)CC)cc3)ccn12. The highest BCUT2D eigenvalue weighted by molar-refractivity contribution is 7.91. The maximum absolute atomic E-state index is 14.0. The van der Waals surface area contributed by atoms with Crippen LogP contribution in [0.1, 0.15) is 77.7 Å². The Kier molecular flexibility index (Phi) is 9.66. The molecule has 0 aliphatic carbocycles. The third kappa shape index (κ3) is 7.27. The van der Waals surface area contributed by atoms with Crippen molar-refractivity contribution in [3.05, 3.63) is 100.0 Å². The summed E-state index contributed by atoms with van der Waals surface area (Å²) >= 11 is 0. The van der Waals surface area contributed by atoms with Crippen LogP contribution in [0.4, 0.5) is 13.2 Å². The highest BCUT2D eigenvalue weighted by Crippen LogP contribution is 2.35. The topological polar surface area (TPSA) is 101 Å². The van der Waals surface area contributed by atoms with Gasteiger partial charge in [-0.1, -0.05) is 52.0 Å². The van der Waals surface area contributed by atoms with Crippen LogP contribution in [0.15, 0.2) is 65.7 Å². The Morgan fingerprint density at radius 2 is 1.74 bits per heavy atom. The quantitative estimate of drug-likeness (QED) is 0.217. The summed E-state index contributed by atoms with van der Waals surface area (Å²) in [5.74, 6) is -0.311. The molecule has 1 amide bonds. The van der Waals surface area contributed by atoms with Crippen molar-refractivity contribution < 1.29 is 31.5 Å². The van der Waals surface area contributed by atoms with Crippen LogP contribution in [0.3, 0.4) is 0 Å². The molecule has 0 unspecified atom stereocenters. The lowest BCUT2D eigenvalue weighted by Gasteiger charge is -2.17. The monoisotopic (exact) mass is 615 g/mol. The molecule has 4 aromatic rings. The molecule has 0 radical (unpaired) electrons. The second-order valence-electron chi connectivity index (χ2n) is 10.9. The Labute approximate surface area is 249 Å². The van der Waals surface area contributed by atoms with Gasteiger partial charge in [-0.15, -0.1) is 0 Å². The second kappa shape index (κ2) is 12.9. The molecule has 2 heterocycles. The number of aromatic nitrogens is 2. The fourth-order valence-electron chi connectivity index (χ4n) is 5.17. The van der Waals surface area contributed by atoms with E-state index < -0.39 is 40.1 Å². The summed E-state index contributed by atoms with van der Waals surface area (Å²) in [4.78, 5) is 17.9. The van der Waals surface area contributed by atoms with Crippen LogP contribution in [-0.4, -0.2) is 41.2 Å². The maximum atomic E-state index is 14.0. The van der Waals surface area contributed by atoms with Gasteiger partial charge >= 0.3 is 6.18 Å². The first-order valence-corrected chi connectivity index (χ1v) is 15.9. The first-order valence-electron chi connectivity index (χ1n) is 14.2. The summed E-state index contributed by atoms with van der Waals surface area (Å²) < 4.78 is 68.1. The van der Waals surface area contributed by atoms with Crippen molar-refractivity contribution in [3.63, 3.8) is 0 Å². The number of carbonyl (C=O) groups is 1. The van der Waals surface area contributed by atoms with Gasteiger partial charge in [-0.05, 0) is 65.8 Å². The van der Waals surface area contributed by atoms with E-state index in [1.807, 2.05) is 20.8 Å². The summed E-state index contributed by atoms with van der Waals surface area (Å²) in [6.45, 7) is 6.95. The number of halogens is 3. The molecular weight excluding hydrogens is 579 g/mol. The van der Waals surface area contributed by atoms with E-state index >= 15 is 0 Å². The molecule has 11 heteroatoms. The van der Waals surface area contributed by atoms with Gasteiger partial charge in [-0.25, -0.2) is 13.4 Å². The number of carbonyl (C=O) groups excluding carboxylic acids is 1. The van der Waals surface area contributed by atoms with E-state index in [-0.39, 0.29) is 34.1 Å². The summed E-state index contributed by atoms with van der Waals surface area (Å²) in [6.07, 6.45) is -1.79. The number of benzene rings is 2. The number of sulfone groups is 1. The Hall–Kier alpha value is -3.70. The first-order chi connectivity index (χ1) is 20.3. The molecule has 230 valence electrons. The molecule has 0 aliphatic rings. The van der Waals surface area contributed by atoms with Crippen LogP contribution in [0, 0.1) is 5.92 Å². The molecule has 0 aliphatic heterocycles. The zero-order chi connectivity index (χ0) is 31.5. The minimum atomic E-state index is -4.51. The Balaban J connectivity index is 1.60. The van der Waals surface area contributed by atoms with E-state index in [0.717, 1.165) is 5.69 Å². The number of pyridine rings is 1. The van der Waals surface area contributed by atoms with E-state index in [1.54, 1.807) is 47.9 Å². The average molecular weight is 616 g/mol. The van der Waals surface area contributed by atoms with Crippen LogP contribution in [0.25, 0.3) is 5.65 Å². The third-order valence-corrected chi connectivity index (χ3v) is 9.15. The van der Waals surface area contributed by atoms with Gasteiger partial charge in [0.15, 0.2) is 9.84 Å². The predicted octanol–water partition coefficient (Wildman–Crippen LogP) is 5.96. The van der Waals surface area contributed by atoms with Gasteiger partial charge in [0, 0.05) is 23.9 Å². The Morgan fingerprint density at radius 3 is 2.33 bits per heavy atom. The predicted molar refractivity (Wildman–Crippen MR) is 159 cm³/mol. The van der Waals surface area contributed by atoms with Crippen molar-refractivity contribution in [1.82, 2.24) is 14.7 Å². The largest absolute Gasteiger partial charge is 0.416 e. The van der Waals surface area contributed by atoms with Gasteiger partial charge < -0.3 is 14.8 Å². The average Bonchev–Trinajstić information content (AvgIpc) is 3.31. The first kappa shape index (κ1) is 32.2. The number of nitrogens with zero attached hydrogens (tertiary/aromatic N) is 2. The fraction of sp³-hybridized carbons (Fsp3) is 0.375.